The number of hydrogen-bond donors (Lipinski definition) is 1. The predicted molar refractivity (Wildman–Crippen MR) is 77.5 cm³/mol. The minimum absolute atomic E-state index is 0.130. The number of benzene rings is 1. The zero-order valence-electron chi connectivity index (χ0n) is 12.3. The third kappa shape index (κ3) is 4.24. The Morgan fingerprint density at radius 3 is 2.63 bits per heavy atom. The van der Waals surface area contributed by atoms with Crippen molar-refractivity contribution in [1.29, 1.82) is 0 Å². The summed E-state index contributed by atoms with van der Waals surface area (Å²) in [6.45, 7) is 2.56. The van der Waals surface area contributed by atoms with Gasteiger partial charge in [0.1, 0.15) is 5.75 Å². The number of rotatable bonds is 6. The number of nitrogens with two attached hydrogens (primary N) is 1. The first kappa shape index (κ1) is 15.5. The number of aryl methyl sites for hydroxylation is 1. The predicted octanol–water partition coefficient (Wildman–Crippen LogP) is 1.91. The van der Waals surface area contributed by atoms with Gasteiger partial charge in [-0.3, -0.25) is 4.79 Å². The first-order valence-corrected chi connectivity index (χ1v) is 6.54. The molecule has 1 aromatic rings. The number of hydrogen-bond acceptors (Lipinski definition) is 3. The summed E-state index contributed by atoms with van der Waals surface area (Å²) in [5.41, 5.74) is 8.13. The molecule has 0 aliphatic rings. The molecule has 1 amide bonds. The van der Waals surface area contributed by atoms with Crippen molar-refractivity contribution in [3.8, 4) is 5.75 Å². The zero-order valence-corrected chi connectivity index (χ0v) is 12.3. The van der Waals surface area contributed by atoms with E-state index in [1.165, 1.54) is 5.56 Å². The van der Waals surface area contributed by atoms with Gasteiger partial charge >= 0.3 is 0 Å². The molecule has 1 unspecified atom stereocenters. The standard InChI is InChI=1S/C15H24N2O2/c1-11-5-7-14(19-4)13(9-11)12(10-16)6-8-15(18)17(2)3/h5,7,9,12H,6,8,10,16H2,1-4H3. The van der Waals surface area contributed by atoms with Crippen LogP contribution in [0.15, 0.2) is 18.2 Å². The fraction of sp³-hybridized carbons (Fsp3) is 0.533. The SMILES string of the molecule is COc1ccc(C)cc1C(CN)CCC(=O)N(C)C. The van der Waals surface area contributed by atoms with Crippen LogP contribution in [0.1, 0.15) is 29.9 Å². The van der Waals surface area contributed by atoms with Crippen LogP contribution in [0.3, 0.4) is 0 Å². The van der Waals surface area contributed by atoms with Crippen LogP contribution in [0.4, 0.5) is 0 Å². The number of amides is 1. The van der Waals surface area contributed by atoms with E-state index >= 15 is 0 Å². The van der Waals surface area contributed by atoms with Crippen molar-refractivity contribution < 1.29 is 9.53 Å². The van der Waals surface area contributed by atoms with Crippen molar-refractivity contribution >= 4 is 5.91 Å². The maximum absolute atomic E-state index is 11.7. The first-order chi connectivity index (χ1) is 8.99. The van der Waals surface area contributed by atoms with Gasteiger partial charge in [-0.1, -0.05) is 17.7 Å². The van der Waals surface area contributed by atoms with Crippen molar-refractivity contribution in [2.24, 2.45) is 5.73 Å². The molecule has 0 saturated carbocycles. The molecule has 0 fully saturated rings. The molecule has 0 bridgehead atoms. The van der Waals surface area contributed by atoms with Gasteiger partial charge in [0.05, 0.1) is 7.11 Å². The van der Waals surface area contributed by atoms with Gasteiger partial charge in [-0.25, -0.2) is 0 Å². The third-order valence-electron chi connectivity index (χ3n) is 3.32. The second-order valence-electron chi connectivity index (χ2n) is 5.00. The lowest BCUT2D eigenvalue weighted by molar-refractivity contribution is -0.128. The number of nitrogens with zero attached hydrogens (tertiary/aromatic N) is 1. The summed E-state index contributed by atoms with van der Waals surface area (Å²) in [5.74, 6) is 1.13. The second-order valence-corrected chi connectivity index (χ2v) is 5.00. The van der Waals surface area contributed by atoms with Crippen molar-refractivity contribution in [2.45, 2.75) is 25.7 Å². The first-order valence-electron chi connectivity index (χ1n) is 6.54. The number of ether oxygens (including phenoxy) is 1. The van der Waals surface area contributed by atoms with Gasteiger partial charge in [0.2, 0.25) is 5.91 Å². The highest BCUT2D eigenvalue weighted by molar-refractivity contribution is 5.75. The minimum atomic E-state index is 0.130. The van der Waals surface area contributed by atoms with Crippen molar-refractivity contribution in [3.63, 3.8) is 0 Å². The molecular formula is C15H24N2O2. The second kappa shape index (κ2) is 7.14. The van der Waals surface area contributed by atoms with E-state index in [1.807, 2.05) is 19.1 Å². The van der Waals surface area contributed by atoms with E-state index in [0.29, 0.717) is 13.0 Å². The molecule has 4 heteroatoms. The van der Waals surface area contributed by atoms with Gasteiger partial charge in [0.15, 0.2) is 0 Å². The van der Waals surface area contributed by atoms with Crippen LogP contribution in [-0.4, -0.2) is 38.6 Å². The van der Waals surface area contributed by atoms with E-state index in [-0.39, 0.29) is 11.8 Å². The van der Waals surface area contributed by atoms with E-state index in [2.05, 4.69) is 6.07 Å². The third-order valence-corrected chi connectivity index (χ3v) is 3.32. The molecule has 1 aromatic carbocycles. The van der Waals surface area contributed by atoms with Gasteiger partial charge in [-0.05, 0) is 31.5 Å². The summed E-state index contributed by atoms with van der Waals surface area (Å²) in [4.78, 5) is 13.3. The van der Waals surface area contributed by atoms with Crippen molar-refractivity contribution in [3.05, 3.63) is 29.3 Å². The maximum Gasteiger partial charge on any atom is 0.222 e. The summed E-state index contributed by atoms with van der Waals surface area (Å²) < 4.78 is 5.39. The van der Waals surface area contributed by atoms with Crippen LogP contribution >= 0.6 is 0 Å². The molecule has 0 heterocycles. The van der Waals surface area contributed by atoms with E-state index in [1.54, 1.807) is 26.1 Å². The molecule has 0 spiro atoms. The molecule has 2 N–H and O–H groups in total. The van der Waals surface area contributed by atoms with Gasteiger partial charge in [-0.15, -0.1) is 0 Å². The summed E-state index contributed by atoms with van der Waals surface area (Å²) in [7, 11) is 5.20. The fourth-order valence-corrected chi connectivity index (χ4v) is 2.09. The Morgan fingerprint density at radius 2 is 2.11 bits per heavy atom. The van der Waals surface area contributed by atoms with E-state index < -0.39 is 0 Å². The van der Waals surface area contributed by atoms with E-state index in [4.69, 9.17) is 10.5 Å². The quantitative estimate of drug-likeness (QED) is 0.854. The highest BCUT2D eigenvalue weighted by atomic mass is 16.5. The normalized spacial score (nSPS) is 12.1. The summed E-state index contributed by atoms with van der Waals surface area (Å²) in [5, 5.41) is 0. The van der Waals surface area contributed by atoms with Crippen LogP contribution in [0.25, 0.3) is 0 Å². The zero-order chi connectivity index (χ0) is 14.4. The number of carbonyl (C=O) groups is 1. The Balaban J connectivity index is 2.85. The summed E-state index contributed by atoms with van der Waals surface area (Å²) in [6.07, 6.45) is 1.25. The largest absolute Gasteiger partial charge is 0.496 e. The molecule has 1 atom stereocenters. The summed E-state index contributed by atoms with van der Waals surface area (Å²) in [6, 6.07) is 6.07. The van der Waals surface area contributed by atoms with Gasteiger partial charge in [0, 0.05) is 26.4 Å². The minimum Gasteiger partial charge on any atom is -0.496 e. The van der Waals surface area contributed by atoms with Gasteiger partial charge < -0.3 is 15.4 Å². The number of carbonyl (C=O) groups excluding carboxylic acids is 1. The maximum atomic E-state index is 11.7. The lowest BCUT2D eigenvalue weighted by Crippen LogP contribution is -2.23. The molecule has 1 rings (SSSR count). The van der Waals surface area contributed by atoms with Gasteiger partial charge in [0.25, 0.3) is 0 Å². The highest BCUT2D eigenvalue weighted by Gasteiger charge is 2.17. The van der Waals surface area contributed by atoms with Crippen molar-refractivity contribution in [2.75, 3.05) is 27.7 Å². The van der Waals surface area contributed by atoms with Crippen LogP contribution < -0.4 is 10.5 Å². The molecule has 0 radical (unpaired) electrons. The average Bonchev–Trinajstić information content (AvgIpc) is 2.39. The Labute approximate surface area is 115 Å². The molecule has 4 nitrogen and oxygen atoms in total. The lowest BCUT2D eigenvalue weighted by atomic mass is 9.92. The average molecular weight is 264 g/mol. The van der Waals surface area contributed by atoms with E-state index in [9.17, 15) is 4.79 Å². The number of methoxy groups -OCH3 is 1. The summed E-state index contributed by atoms with van der Waals surface area (Å²) >= 11 is 0. The van der Waals surface area contributed by atoms with Crippen LogP contribution in [0, 0.1) is 6.92 Å². The van der Waals surface area contributed by atoms with Crippen LogP contribution in [0.2, 0.25) is 0 Å². The highest BCUT2D eigenvalue weighted by Crippen LogP contribution is 2.30. The van der Waals surface area contributed by atoms with Crippen molar-refractivity contribution in [1.82, 2.24) is 4.90 Å². The fourth-order valence-electron chi connectivity index (χ4n) is 2.09. The molecular weight excluding hydrogens is 240 g/mol. The Kier molecular flexibility index (Phi) is 5.83. The molecule has 0 aromatic heterocycles. The lowest BCUT2D eigenvalue weighted by Gasteiger charge is -2.19. The van der Waals surface area contributed by atoms with E-state index in [0.717, 1.165) is 17.7 Å². The van der Waals surface area contributed by atoms with Gasteiger partial charge in [-0.2, -0.15) is 0 Å². The topological polar surface area (TPSA) is 55.6 Å². The van der Waals surface area contributed by atoms with Crippen LogP contribution in [-0.2, 0) is 4.79 Å². The molecule has 106 valence electrons. The molecule has 0 aliphatic carbocycles. The smallest absolute Gasteiger partial charge is 0.222 e. The Hall–Kier alpha value is -1.55. The molecule has 0 saturated heterocycles. The Morgan fingerprint density at radius 1 is 1.42 bits per heavy atom. The van der Waals surface area contributed by atoms with Crippen LogP contribution in [0.5, 0.6) is 5.75 Å². The molecule has 19 heavy (non-hydrogen) atoms. The molecule has 0 aliphatic heterocycles. The monoisotopic (exact) mass is 264 g/mol. The Bertz CT molecular complexity index is 430.